The topological polar surface area (TPSA) is 47.6 Å². The largest absolute Gasteiger partial charge is 0.197 e. The Hall–Kier alpha value is -1.02. The van der Waals surface area contributed by atoms with Crippen LogP contribution in [-0.4, -0.2) is 0 Å². The van der Waals surface area contributed by atoms with E-state index >= 15 is 0 Å². The van der Waals surface area contributed by atoms with Gasteiger partial charge in [-0.2, -0.15) is 10.5 Å². The summed E-state index contributed by atoms with van der Waals surface area (Å²) in [6, 6.07) is 4.23. The molecule has 0 heterocycles. The minimum atomic E-state index is -0.650. The molecule has 0 spiro atoms. The fourth-order valence-corrected chi connectivity index (χ4v) is 1.77. The third kappa shape index (κ3) is 0.906. The average molecular weight is 148 g/mol. The van der Waals surface area contributed by atoms with E-state index in [0.717, 1.165) is 19.3 Å². The van der Waals surface area contributed by atoms with Crippen LogP contribution in [0, 0.1) is 33.5 Å². The highest BCUT2D eigenvalue weighted by Gasteiger charge is 2.65. The van der Waals surface area contributed by atoms with Crippen molar-refractivity contribution in [3.05, 3.63) is 0 Å². The maximum Gasteiger partial charge on any atom is 0.149 e. The summed E-state index contributed by atoms with van der Waals surface area (Å²) in [5, 5.41) is 17.5. The Balaban J connectivity index is 2.72. The average Bonchev–Trinajstić information content (AvgIpc) is 2.58. The molecule has 1 atom stereocenters. The first-order chi connectivity index (χ1) is 5.14. The number of hydrogen-bond acceptors (Lipinski definition) is 2. The molecule has 0 N–H and O–H groups in total. The number of nitriles is 2. The van der Waals surface area contributed by atoms with Crippen LogP contribution in [-0.2, 0) is 0 Å². The van der Waals surface area contributed by atoms with E-state index in [9.17, 15) is 0 Å². The predicted octanol–water partition coefficient (Wildman–Crippen LogP) is 2.23. The van der Waals surface area contributed by atoms with E-state index in [4.69, 9.17) is 10.5 Å². The Morgan fingerprint density at radius 3 is 2.18 bits per heavy atom. The molecule has 2 nitrogen and oxygen atoms in total. The lowest BCUT2D eigenvalue weighted by molar-refractivity contribution is 0.450. The zero-order chi connectivity index (χ0) is 8.54. The Bertz CT molecular complexity index is 229. The van der Waals surface area contributed by atoms with Crippen LogP contribution in [0.3, 0.4) is 0 Å². The second-order valence-corrected chi connectivity index (χ2v) is 3.62. The molecule has 1 aliphatic carbocycles. The summed E-state index contributed by atoms with van der Waals surface area (Å²) in [5.41, 5.74) is -0.658. The van der Waals surface area contributed by atoms with Gasteiger partial charge in [-0.25, -0.2) is 0 Å². The summed E-state index contributed by atoms with van der Waals surface area (Å²) in [6.07, 6.45) is 2.82. The summed E-state index contributed by atoms with van der Waals surface area (Å²) in [7, 11) is 0. The molecule has 0 aliphatic heterocycles. The monoisotopic (exact) mass is 148 g/mol. The van der Waals surface area contributed by atoms with Gasteiger partial charge in [-0.3, -0.25) is 0 Å². The first-order valence-corrected chi connectivity index (χ1v) is 3.96. The van der Waals surface area contributed by atoms with E-state index in [2.05, 4.69) is 19.1 Å². The Morgan fingerprint density at radius 1 is 1.36 bits per heavy atom. The Labute approximate surface area is 67.4 Å². The van der Waals surface area contributed by atoms with Gasteiger partial charge in [0.25, 0.3) is 0 Å². The summed E-state index contributed by atoms with van der Waals surface area (Å²) < 4.78 is 0. The van der Waals surface area contributed by atoms with Crippen LogP contribution in [0.5, 0.6) is 0 Å². The van der Waals surface area contributed by atoms with E-state index < -0.39 is 5.41 Å². The molecule has 58 valence electrons. The highest BCUT2D eigenvalue weighted by molar-refractivity contribution is 5.32. The quantitative estimate of drug-likeness (QED) is 0.602. The molecule has 2 heteroatoms. The van der Waals surface area contributed by atoms with E-state index in [1.54, 1.807) is 0 Å². The molecule has 1 rings (SSSR count). The molecule has 1 aliphatic rings. The lowest BCUT2D eigenvalue weighted by atomic mass is 9.93. The number of nitrogens with zero attached hydrogens (tertiary/aromatic N) is 2. The van der Waals surface area contributed by atoms with Crippen LogP contribution < -0.4 is 0 Å². The van der Waals surface area contributed by atoms with Crippen molar-refractivity contribution >= 4 is 0 Å². The van der Waals surface area contributed by atoms with Crippen molar-refractivity contribution in [3.8, 4) is 12.1 Å². The van der Waals surface area contributed by atoms with Gasteiger partial charge < -0.3 is 0 Å². The third-order valence-corrected chi connectivity index (χ3v) is 2.74. The molecule has 0 aromatic rings. The molecule has 0 amide bonds. The van der Waals surface area contributed by atoms with Crippen LogP contribution in [0.1, 0.15) is 33.1 Å². The van der Waals surface area contributed by atoms with Crippen LogP contribution >= 0.6 is 0 Å². The second-order valence-electron chi connectivity index (χ2n) is 3.62. The molecule has 1 fully saturated rings. The van der Waals surface area contributed by atoms with Crippen molar-refractivity contribution < 1.29 is 0 Å². The SMILES string of the molecule is CCCC1(C)CC1(C#N)C#N. The molecule has 0 radical (unpaired) electrons. The molecule has 1 unspecified atom stereocenters. The predicted molar refractivity (Wildman–Crippen MR) is 41.3 cm³/mol. The molecule has 0 aromatic heterocycles. The van der Waals surface area contributed by atoms with Gasteiger partial charge in [0.05, 0.1) is 12.1 Å². The standard InChI is InChI=1S/C9H12N2/c1-3-4-8(2)5-9(8,6-10)7-11/h3-5H2,1-2H3. The third-order valence-electron chi connectivity index (χ3n) is 2.74. The lowest BCUT2D eigenvalue weighted by Crippen LogP contribution is -2.06. The van der Waals surface area contributed by atoms with Crippen LogP contribution in [0.2, 0.25) is 0 Å². The van der Waals surface area contributed by atoms with Crippen LogP contribution in [0.4, 0.5) is 0 Å². The first kappa shape index (κ1) is 8.08. The Morgan fingerprint density at radius 2 is 1.91 bits per heavy atom. The molecule has 0 bridgehead atoms. The van der Waals surface area contributed by atoms with E-state index in [0.29, 0.717) is 0 Å². The second kappa shape index (κ2) is 2.24. The van der Waals surface area contributed by atoms with E-state index in [-0.39, 0.29) is 5.41 Å². The van der Waals surface area contributed by atoms with Gasteiger partial charge in [0.15, 0.2) is 0 Å². The summed E-state index contributed by atoms with van der Waals surface area (Å²) in [6.45, 7) is 4.12. The van der Waals surface area contributed by atoms with Crippen molar-refractivity contribution in [2.45, 2.75) is 33.1 Å². The van der Waals surface area contributed by atoms with Crippen LogP contribution in [0.25, 0.3) is 0 Å². The normalized spacial score (nSPS) is 32.0. The highest BCUT2D eigenvalue weighted by Crippen LogP contribution is 2.65. The minimum absolute atomic E-state index is 0.00868. The lowest BCUT2D eigenvalue weighted by Gasteiger charge is -2.07. The molecular weight excluding hydrogens is 136 g/mol. The van der Waals surface area contributed by atoms with Gasteiger partial charge >= 0.3 is 0 Å². The van der Waals surface area contributed by atoms with Gasteiger partial charge in [0, 0.05) is 5.41 Å². The van der Waals surface area contributed by atoms with Crippen molar-refractivity contribution in [1.29, 1.82) is 10.5 Å². The fraction of sp³-hybridized carbons (Fsp3) is 0.778. The number of hydrogen-bond donors (Lipinski definition) is 0. The van der Waals surface area contributed by atoms with Crippen molar-refractivity contribution in [3.63, 3.8) is 0 Å². The van der Waals surface area contributed by atoms with E-state index in [1.165, 1.54) is 0 Å². The molecule has 1 saturated carbocycles. The molecule has 0 aromatic carbocycles. The minimum Gasteiger partial charge on any atom is -0.197 e. The Kier molecular flexibility index (Phi) is 1.64. The van der Waals surface area contributed by atoms with Crippen molar-refractivity contribution in [1.82, 2.24) is 0 Å². The zero-order valence-corrected chi connectivity index (χ0v) is 7.02. The fourth-order valence-electron chi connectivity index (χ4n) is 1.77. The highest BCUT2D eigenvalue weighted by atomic mass is 14.7. The maximum atomic E-state index is 8.75. The van der Waals surface area contributed by atoms with Gasteiger partial charge in [0.1, 0.15) is 5.41 Å². The smallest absolute Gasteiger partial charge is 0.149 e. The molecule has 11 heavy (non-hydrogen) atoms. The van der Waals surface area contributed by atoms with Crippen molar-refractivity contribution in [2.75, 3.05) is 0 Å². The maximum absolute atomic E-state index is 8.75. The summed E-state index contributed by atoms with van der Waals surface area (Å²) in [4.78, 5) is 0. The summed E-state index contributed by atoms with van der Waals surface area (Å²) in [5.74, 6) is 0. The van der Waals surface area contributed by atoms with Gasteiger partial charge in [-0.15, -0.1) is 0 Å². The van der Waals surface area contributed by atoms with Crippen LogP contribution in [0.15, 0.2) is 0 Å². The zero-order valence-electron chi connectivity index (χ0n) is 7.02. The van der Waals surface area contributed by atoms with Gasteiger partial charge in [0.2, 0.25) is 0 Å². The summed E-state index contributed by atoms with van der Waals surface area (Å²) >= 11 is 0. The van der Waals surface area contributed by atoms with E-state index in [1.807, 2.05) is 6.92 Å². The first-order valence-electron chi connectivity index (χ1n) is 3.96. The molecule has 0 saturated heterocycles. The van der Waals surface area contributed by atoms with Crippen molar-refractivity contribution in [2.24, 2.45) is 10.8 Å². The number of rotatable bonds is 2. The van der Waals surface area contributed by atoms with Gasteiger partial charge in [-0.1, -0.05) is 20.3 Å². The molecular formula is C9H12N2. The van der Waals surface area contributed by atoms with Gasteiger partial charge in [-0.05, 0) is 12.8 Å².